The predicted molar refractivity (Wildman–Crippen MR) is 78.9 cm³/mol. The van der Waals surface area contributed by atoms with Gasteiger partial charge in [-0.2, -0.15) is 0 Å². The first kappa shape index (κ1) is 16.7. The van der Waals surface area contributed by atoms with Gasteiger partial charge in [0.05, 0.1) is 12.0 Å². The number of sulfone groups is 1. The van der Waals surface area contributed by atoms with E-state index < -0.39 is 21.5 Å². The maximum Gasteiger partial charge on any atom is 0.237 e. The number of nitrogens with zero attached hydrogens (tertiary/aromatic N) is 1. The quantitative estimate of drug-likeness (QED) is 0.533. The zero-order chi connectivity index (χ0) is 15.7. The lowest BCUT2D eigenvalue weighted by molar-refractivity contribution is -0.131. The van der Waals surface area contributed by atoms with Crippen molar-refractivity contribution in [3.63, 3.8) is 0 Å². The number of hydrogen-bond donors (Lipinski definition) is 3. The highest BCUT2D eigenvalue weighted by Gasteiger charge is 2.52. The van der Waals surface area contributed by atoms with Crippen LogP contribution in [-0.4, -0.2) is 67.2 Å². The normalized spacial score (nSPS) is 31.2. The Morgan fingerprint density at radius 2 is 2.33 bits per heavy atom. The lowest BCUT2D eigenvalue weighted by Gasteiger charge is -2.43. The third-order valence-electron chi connectivity index (χ3n) is 4.41. The molecule has 0 aliphatic carbocycles. The van der Waals surface area contributed by atoms with E-state index in [1.807, 2.05) is 4.90 Å². The average Bonchev–Trinajstić information content (AvgIpc) is 2.57. The van der Waals surface area contributed by atoms with E-state index >= 15 is 0 Å². The van der Waals surface area contributed by atoms with Crippen LogP contribution in [0.15, 0.2) is 0 Å². The molecule has 7 nitrogen and oxygen atoms in total. The Labute approximate surface area is 125 Å². The second kappa shape index (κ2) is 6.20. The Bertz CT molecular complexity index is 492. The van der Waals surface area contributed by atoms with Gasteiger partial charge in [-0.15, -0.1) is 0 Å². The molecule has 0 saturated carbocycles. The summed E-state index contributed by atoms with van der Waals surface area (Å²) in [4.78, 5) is 13.9. The van der Waals surface area contributed by atoms with Crippen LogP contribution in [0.4, 0.5) is 0 Å². The van der Waals surface area contributed by atoms with E-state index in [0.717, 1.165) is 25.5 Å². The highest BCUT2D eigenvalue weighted by Crippen LogP contribution is 2.43. The first-order chi connectivity index (χ1) is 9.74. The number of nitrogens with one attached hydrogen (secondary N) is 1. The van der Waals surface area contributed by atoms with E-state index in [4.69, 9.17) is 5.73 Å². The van der Waals surface area contributed by atoms with Crippen molar-refractivity contribution in [1.82, 2.24) is 10.2 Å². The maximum atomic E-state index is 11.9. The van der Waals surface area contributed by atoms with Gasteiger partial charge < -0.3 is 16.2 Å². The van der Waals surface area contributed by atoms with Crippen molar-refractivity contribution in [2.45, 2.75) is 43.4 Å². The molecule has 4 N–H and O–H groups in total. The van der Waals surface area contributed by atoms with Crippen LogP contribution in [0.3, 0.4) is 0 Å². The minimum absolute atomic E-state index is 0.164. The van der Waals surface area contributed by atoms with Gasteiger partial charge in [0.1, 0.15) is 5.54 Å². The molecule has 2 fully saturated rings. The van der Waals surface area contributed by atoms with E-state index in [1.165, 1.54) is 0 Å². The molecule has 1 radical (unpaired) electrons. The molecule has 21 heavy (non-hydrogen) atoms. The molecule has 2 aliphatic rings. The third-order valence-corrected chi connectivity index (χ3v) is 5.14. The zero-order valence-corrected chi connectivity index (χ0v) is 13.1. The van der Waals surface area contributed by atoms with Crippen molar-refractivity contribution in [2.24, 2.45) is 5.73 Å². The second-order valence-electron chi connectivity index (χ2n) is 6.15. The molecule has 2 rings (SSSR count). The Balaban J connectivity index is 1.93. The van der Waals surface area contributed by atoms with Gasteiger partial charge in [0.15, 0.2) is 9.84 Å². The van der Waals surface area contributed by atoms with Crippen molar-refractivity contribution in [1.29, 1.82) is 0 Å². The number of piperidine rings is 1. The van der Waals surface area contributed by atoms with Gasteiger partial charge in [0.2, 0.25) is 5.91 Å². The van der Waals surface area contributed by atoms with Crippen LogP contribution in [0.2, 0.25) is 0 Å². The Hall–Kier alpha value is -0.700. The van der Waals surface area contributed by atoms with Crippen LogP contribution in [0, 0.1) is 6.42 Å². The molecular weight excluding hydrogens is 294 g/mol. The molecule has 0 aromatic carbocycles. The average molecular weight is 318 g/mol. The molecule has 0 spiro atoms. The van der Waals surface area contributed by atoms with Crippen molar-refractivity contribution in [3.05, 3.63) is 6.42 Å². The minimum atomic E-state index is -3.10. The number of β-amino-alcohol motifs (C(OH)–C–C–N with tert-alkyl or cyclic N) is 1. The van der Waals surface area contributed by atoms with Crippen LogP contribution in [0.1, 0.15) is 25.7 Å². The standard InChI is InChI=1S/C13H24N3O4S/c1-21(19,20)9-15-7-11(17)8-16-10-3-2-5-13(16,6-4-10)12(14)18/h2,10-11,15,17H,3-9H2,1H3,(H2,14,18)/t10-,11?,13+/m1/s1. The molecular formula is C13H24N3O4S. The fraction of sp³-hybridized carbons (Fsp3) is 0.846. The lowest BCUT2D eigenvalue weighted by Crippen LogP contribution is -2.60. The molecule has 0 aromatic rings. The zero-order valence-electron chi connectivity index (χ0n) is 12.3. The summed E-state index contributed by atoms with van der Waals surface area (Å²) >= 11 is 0. The number of amides is 1. The number of hydrogen-bond acceptors (Lipinski definition) is 6. The van der Waals surface area contributed by atoms with Crippen molar-refractivity contribution >= 4 is 15.7 Å². The summed E-state index contributed by atoms with van der Waals surface area (Å²) in [6.45, 7) is 0.507. The number of primary amides is 1. The molecule has 2 bridgehead atoms. The Morgan fingerprint density at radius 1 is 1.62 bits per heavy atom. The Morgan fingerprint density at radius 3 is 2.95 bits per heavy atom. The molecule has 2 aliphatic heterocycles. The number of carbonyl (C=O) groups excluding carboxylic acids is 1. The number of rotatable bonds is 7. The van der Waals surface area contributed by atoms with Gasteiger partial charge in [0, 0.05) is 25.4 Å². The smallest absolute Gasteiger partial charge is 0.237 e. The molecule has 3 atom stereocenters. The molecule has 1 unspecified atom stereocenters. The number of carbonyl (C=O) groups is 1. The van der Waals surface area contributed by atoms with E-state index in [2.05, 4.69) is 11.7 Å². The molecule has 1 amide bonds. The van der Waals surface area contributed by atoms with Crippen molar-refractivity contribution < 1.29 is 18.3 Å². The topological polar surface area (TPSA) is 113 Å². The van der Waals surface area contributed by atoms with Gasteiger partial charge in [0.25, 0.3) is 0 Å². The van der Waals surface area contributed by atoms with Gasteiger partial charge in [-0.3, -0.25) is 9.69 Å². The molecule has 121 valence electrons. The fourth-order valence-corrected chi connectivity index (χ4v) is 3.91. The first-order valence-corrected chi connectivity index (χ1v) is 9.25. The summed E-state index contributed by atoms with van der Waals surface area (Å²) in [5.41, 5.74) is 4.92. The third kappa shape index (κ3) is 3.74. The monoisotopic (exact) mass is 318 g/mol. The number of aliphatic hydroxyl groups excluding tert-OH is 1. The van der Waals surface area contributed by atoms with Crippen LogP contribution in [0.5, 0.6) is 0 Å². The van der Waals surface area contributed by atoms with Crippen molar-refractivity contribution in [3.8, 4) is 0 Å². The van der Waals surface area contributed by atoms with Gasteiger partial charge in [-0.25, -0.2) is 8.42 Å². The van der Waals surface area contributed by atoms with Crippen LogP contribution in [-0.2, 0) is 14.6 Å². The van der Waals surface area contributed by atoms with Crippen molar-refractivity contribution in [2.75, 3.05) is 25.2 Å². The number of nitrogens with two attached hydrogens (primary N) is 1. The number of aliphatic hydroxyl groups is 1. The van der Waals surface area contributed by atoms with Crippen LogP contribution >= 0.6 is 0 Å². The maximum absolute atomic E-state index is 11.9. The summed E-state index contributed by atoms with van der Waals surface area (Å²) < 4.78 is 22.1. The summed E-state index contributed by atoms with van der Waals surface area (Å²) in [6.07, 6.45) is 5.67. The van der Waals surface area contributed by atoms with Gasteiger partial charge >= 0.3 is 0 Å². The van der Waals surface area contributed by atoms with E-state index in [-0.39, 0.29) is 24.4 Å². The van der Waals surface area contributed by atoms with Crippen LogP contribution in [0.25, 0.3) is 0 Å². The van der Waals surface area contributed by atoms with Gasteiger partial charge in [-0.1, -0.05) is 0 Å². The molecule has 2 saturated heterocycles. The summed E-state index contributed by atoms with van der Waals surface area (Å²) in [6, 6.07) is 0.246. The highest BCUT2D eigenvalue weighted by molar-refractivity contribution is 7.90. The lowest BCUT2D eigenvalue weighted by atomic mass is 9.87. The van der Waals surface area contributed by atoms with E-state index in [0.29, 0.717) is 13.0 Å². The highest BCUT2D eigenvalue weighted by atomic mass is 32.2. The summed E-state index contributed by atoms with van der Waals surface area (Å²) in [5.74, 6) is -0.500. The van der Waals surface area contributed by atoms with Gasteiger partial charge in [-0.05, 0) is 32.1 Å². The fourth-order valence-electron chi connectivity index (χ4n) is 3.42. The molecule has 2 heterocycles. The van der Waals surface area contributed by atoms with E-state index in [1.54, 1.807) is 0 Å². The predicted octanol–water partition coefficient (Wildman–Crippen LogP) is -1.37. The Kier molecular flexibility index (Phi) is 4.92. The molecule has 8 heteroatoms. The van der Waals surface area contributed by atoms with E-state index in [9.17, 15) is 18.3 Å². The first-order valence-electron chi connectivity index (χ1n) is 7.19. The summed E-state index contributed by atoms with van der Waals surface area (Å²) in [5, 5.41) is 12.8. The SMILES string of the molecule is CS(=O)(=O)CNCC(O)CN1[C@@H]2C[CH]C[C@@]1(C(N)=O)CC2. The second-order valence-corrected chi connectivity index (χ2v) is 8.29. The molecule has 0 aromatic heterocycles. The number of fused-ring (bicyclic) bond motifs is 2. The minimum Gasteiger partial charge on any atom is -0.390 e. The summed E-state index contributed by atoms with van der Waals surface area (Å²) in [7, 11) is -3.10. The largest absolute Gasteiger partial charge is 0.390 e. The van der Waals surface area contributed by atoms with Crippen LogP contribution < -0.4 is 11.1 Å².